The van der Waals surface area contributed by atoms with Crippen LogP contribution in [-0.2, 0) is 67.2 Å². The average molecular weight is 1170 g/mol. The Labute approximate surface area is 488 Å². The van der Waals surface area contributed by atoms with Gasteiger partial charge in [-0.05, 0) is 79.7 Å². The van der Waals surface area contributed by atoms with Crippen molar-refractivity contribution in [1.82, 2.24) is 47.4 Å². The number of phenols is 1. The van der Waals surface area contributed by atoms with Gasteiger partial charge in [0.1, 0.15) is 54.1 Å². The van der Waals surface area contributed by atoms with E-state index in [0.29, 0.717) is 23.1 Å². The second kappa shape index (κ2) is 34.2. The molecular weight excluding hydrogens is 1080 g/mol. The molecule has 27 heteroatoms. The summed E-state index contributed by atoms with van der Waals surface area (Å²) in [7, 11) is 1.30. The number of amides is 10. The van der Waals surface area contributed by atoms with Gasteiger partial charge in [0.25, 0.3) is 0 Å². The van der Waals surface area contributed by atoms with E-state index >= 15 is 0 Å². The number of guanidine groups is 2. The Kier molecular flexibility index (Phi) is 27.4. The number of nitrogens with one attached hydrogen (secondary N) is 8. The van der Waals surface area contributed by atoms with Gasteiger partial charge in [0.2, 0.25) is 59.1 Å². The fraction of sp³-hybridized carbons (Fsp3) is 0.474. The number of aliphatic imine (C=N–C) groups is 2. The van der Waals surface area contributed by atoms with E-state index in [9.17, 15) is 53.1 Å². The van der Waals surface area contributed by atoms with Gasteiger partial charge in [0.15, 0.2) is 11.9 Å². The lowest BCUT2D eigenvalue weighted by atomic mass is 9.99. The number of nitrogens with two attached hydrogens (primary N) is 5. The zero-order valence-corrected chi connectivity index (χ0v) is 47.9. The van der Waals surface area contributed by atoms with E-state index in [-0.39, 0.29) is 101 Å². The zero-order valence-electron chi connectivity index (χ0n) is 47.9. The van der Waals surface area contributed by atoms with Crippen LogP contribution in [0.15, 0.2) is 94.9 Å². The summed E-state index contributed by atoms with van der Waals surface area (Å²) >= 11 is 0. The molecule has 0 spiro atoms. The topological polar surface area (TPSA) is 445 Å². The van der Waals surface area contributed by atoms with Crippen LogP contribution in [-0.4, -0.2) is 156 Å². The molecule has 1 aliphatic heterocycles. The molecular formula is C57H82N16O11. The summed E-state index contributed by atoms with van der Waals surface area (Å²) in [5, 5.41) is 31.2. The average Bonchev–Trinajstić information content (AvgIpc) is 4.07. The number of carbonyl (C=O) groups excluding carboxylic acids is 10. The molecule has 1 aliphatic rings. The molecule has 1 saturated heterocycles. The van der Waals surface area contributed by atoms with Crippen LogP contribution in [0.5, 0.6) is 5.75 Å². The molecule has 0 aromatic heterocycles. The first-order chi connectivity index (χ1) is 39.9. The minimum Gasteiger partial charge on any atom is -0.508 e. The largest absolute Gasteiger partial charge is 0.508 e. The van der Waals surface area contributed by atoms with Crippen LogP contribution < -0.4 is 71.2 Å². The molecule has 0 radical (unpaired) electrons. The highest BCUT2D eigenvalue weighted by Crippen LogP contribution is 2.21. The quantitative estimate of drug-likeness (QED) is 0.0172. The standard InChI is InChI=1S/C57H82N16O11/c1-33(2)28-41(69-53(82)44(30-36-16-9-6-10-17-36)71-51(80)42(66-34(3)74)31-37-21-23-38(75)24-22-37)50(79)70-43(29-35-14-7-5-8-15-35)52(81)68-40(19-12-26-65-57(61)62)55(84)73-27-13-20-46(73)54(83)67-39(18-11-25-64-56(59)60)49(78)72-45(32-47(58)76)48(77)63-4/h5-10,14-17,21-24,33,39-46,75H,11-13,18-20,25-32H2,1-4H3,(H2,58,76)(H,63,77)(H,66,74)(H,67,83)(H,68,81)(H,69,82)(H,70,79)(H,71,80)(H,72,78)(H4,59,60,64)(H4,61,62,65)/t39-,40-,41-,42-,43-,44-,45-,46-/m0/s1. The highest BCUT2D eigenvalue weighted by molar-refractivity contribution is 5.99. The third-order valence-corrected chi connectivity index (χ3v) is 13.5. The zero-order chi connectivity index (χ0) is 61.9. The van der Waals surface area contributed by atoms with E-state index in [1.165, 1.54) is 31.0 Å². The summed E-state index contributed by atoms with van der Waals surface area (Å²) in [5.74, 6) is -7.96. The van der Waals surface area contributed by atoms with Gasteiger partial charge in [-0.2, -0.15) is 0 Å². The normalized spacial score (nSPS) is 15.2. The molecule has 84 heavy (non-hydrogen) atoms. The Balaban J connectivity index is 1.64. The van der Waals surface area contributed by atoms with Gasteiger partial charge in [0.05, 0.1) is 6.42 Å². The maximum atomic E-state index is 14.8. The fourth-order valence-corrected chi connectivity index (χ4v) is 9.39. The number of likely N-dealkylation sites (tertiary alicyclic amines) is 1. The number of rotatable bonds is 33. The first-order valence-corrected chi connectivity index (χ1v) is 27.8. The lowest BCUT2D eigenvalue weighted by molar-refractivity contribution is -0.142. The Morgan fingerprint density at radius 2 is 0.976 bits per heavy atom. The Morgan fingerprint density at radius 1 is 0.548 bits per heavy atom. The van der Waals surface area contributed by atoms with Crippen molar-refractivity contribution in [2.24, 2.45) is 44.6 Å². The van der Waals surface area contributed by atoms with Gasteiger partial charge < -0.3 is 81.2 Å². The second-order valence-electron chi connectivity index (χ2n) is 20.9. The van der Waals surface area contributed by atoms with E-state index in [0.717, 1.165) is 0 Å². The van der Waals surface area contributed by atoms with Gasteiger partial charge in [-0.1, -0.05) is 86.6 Å². The smallest absolute Gasteiger partial charge is 0.245 e. The minimum absolute atomic E-state index is 0.00356. The third-order valence-electron chi connectivity index (χ3n) is 13.5. The number of hydrogen-bond acceptors (Lipinski definition) is 13. The number of phenolic OH excluding ortho intramolecular Hbond substituents is 1. The number of carbonyl (C=O) groups is 10. The van der Waals surface area contributed by atoms with Crippen LogP contribution in [0.4, 0.5) is 0 Å². The van der Waals surface area contributed by atoms with E-state index in [4.69, 9.17) is 28.7 Å². The van der Waals surface area contributed by atoms with Crippen LogP contribution in [0.25, 0.3) is 0 Å². The molecule has 8 atom stereocenters. The summed E-state index contributed by atoms with van der Waals surface area (Å²) in [4.78, 5) is 147. The lowest BCUT2D eigenvalue weighted by Gasteiger charge is -2.31. The molecule has 3 aromatic carbocycles. The molecule has 0 aliphatic carbocycles. The summed E-state index contributed by atoms with van der Waals surface area (Å²) in [5.41, 5.74) is 29.4. The third kappa shape index (κ3) is 23.3. The number of benzene rings is 3. The van der Waals surface area contributed by atoms with Crippen molar-refractivity contribution in [3.05, 3.63) is 102 Å². The molecule has 0 unspecified atom stereocenters. The van der Waals surface area contributed by atoms with Crippen molar-refractivity contribution in [2.75, 3.05) is 26.7 Å². The summed E-state index contributed by atoms with van der Waals surface area (Å²) in [6.07, 6.45) is 0.181. The minimum atomic E-state index is -1.38. The Bertz CT molecular complexity index is 2780. The van der Waals surface area contributed by atoms with Gasteiger partial charge in [-0.25, -0.2) is 0 Å². The van der Waals surface area contributed by atoms with Gasteiger partial charge in [-0.3, -0.25) is 57.9 Å². The van der Waals surface area contributed by atoms with Crippen molar-refractivity contribution in [3.8, 4) is 5.75 Å². The molecule has 19 N–H and O–H groups in total. The highest BCUT2D eigenvalue weighted by Gasteiger charge is 2.40. The van der Waals surface area contributed by atoms with E-state index in [1.807, 2.05) is 13.8 Å². The fourth-order valence-electron chi connectivity index (χ4n) is 9.39. The first-order valence-electron chi connectivity index (χ1n) is 27.8. The predicted molar refractivity (Wildman–Crippen MR) is 313 cm³/mol. The number of hydrogen-bond donors (Lipinski definition) is 14. The molecule has 10 amide bonds. The van der Waals surface area contributed by atoms with Crippen molar-refractivity contribution in [2.45, 2.75) is 140 Å². The molecule has 1 heterocycles. The highest BCUT2D eigenvalue weighted by atomic mass is 16.3. The van der Waals surface area contributed by atoms with Crippen LogP contribution >= 0.6 is 0 Å². The lowest BCUT2D eigenvalue weighted by Crippen LogP contribution is -2.61. The maximum Gasteiger partial charge on any atom is 0.245 e. The van der Waals surface area contributed by atoms with Gasteiger partial charge in [-0.15, -0.1) is 0 Å². The molecule has 0 bridgehead atoms. The van der Waals surface area contributed by atoms with E-state index < -0.39 is 114 Å². The molecule has 456 valence electrons. The molecule has 27 nitrogen and oxygen atoms in total. The van der Waals surface area contributed by atoms with Crippen molar-refractivity contribution >= 4 is 71.0 Å². The molecule has 1 fully saturated rings. The van der Waals surface area contributed by atoms with E-state index in [1.54, 1.807) is 72.8 Å². The van der Waals surface area contributed by atoms with E-state index in [2.05, 4.69) is 52.5 Å². The molecule has 4 rings (SSSR count). The van der Waals surface area contributed by atoms with Crippen molar-refractivity contribution in [1.29, 1.82) is 0 Å². The Morgan fingerprint density at radius 3 is 1.44 bits per heavy atom. The first kappa shape index (κ1) is 67.2. The maximum absolute atomic E-state index is 14.8. The van der Waals surface area contributed by atoms with Crippen LogP contribution in [0.3, 0.4) is 0 Å². The number of aromatic hydroxyl groups is 1. The SMILES string of the molecule is CNC(=O)[C@H](CC(N)=O)NC(=O)[C@H](CCCN=C(N)N)NC(=O)[C@@H]1CCCN1C(=O)[C@H](CCCN=C(N)N)NC(=O)[C@H](Cc1ccccc1)NC(=O)[C@H](CC(C)C)NC(=O)[C@H](Cc1ccccc1)NC(=O)[C@H](Cc1ccc(O)cc1)NC(C)=O. The number of likely N-dealkylation sites (N-methyl/N-ethyl adjacent to an activating group) is 1. The summed E-state index contributed by atoms with van der Waals surface area (Å²) in [6, 6.07) is 13.4. The Hall–Kier alpha value is -9.30. The molecule has 0 saturated carbocycles. The van der Waals surface area contributed by atoms with Gasteiger partial charge in [0, 0.05) is 52.9 Å². The van der Waals surface area contributed by atoms with Crippen LogP contribution in [0, 0.1) is 5.92 Å². The van der Waals surface area contributed by atoms with Crippen molar-refractivity contribution in [3.63, 3.8) is 0 Å². The predicted octanol–water partition coefficient (Wildman–Crippen LogP) is -2.40. The van der Waals surface area contributed by atoms with Gasteiger partial charge >= 0.3 is 0 Å². The number of primary amides is 1. The van der Waals surface area contributed by atoms with Crippen molar-refractivity contribution < 1.29 is 53.1 Å². The summed E-state index contributed by atoms with van der Waals surface area (Å²) in [6.45, 7) is 5.09. The monoisotopic (exact) mass is 1170 g/mol. The number of nitrogens with zero attached hydrogens (tertiary/aromatic N) is 3. The van der Waals surface area contributed by atoms with Crippen LogP contribution in [0.2, 0.25) is 0 Å². The second-order valence-corrected chi connectivity index (χ2v) is 20.9. The van der Waals surface area contributed by atoms with Crippen LogP contribution in [0.1, 0.15) is 88.8 Å². The molecule has 3 aromatic rings. The summed E-state index contributed by atoms with van der Waals surface area (Å²) < 4.78 is 0.